The Labute approximate surface area is 127 Å². The van der Waals surface area contributed by atoms with Crippen molar-refractivity contribution in [2.24, 2.45) is 0 Å². The lowest BCUT2D eigenvalue weighted by atomic mass is 10.2. The van der Waals surface area contributed by atoms with E-state index >= 15 is 0 Å². The van der Waals surface area contributed by atoms with Crippen LogP contribution in [0.25, 0.3) is 0 Å². The highest BCUT2D eigenvalue weighted by Gasteiger charge is 2.17. The van der Waals surface area contributed by atoms with E-state index in [-0.39, 0.29) is 21.6 Å². The molecule has 0 bridgehead atoms. The van der Waals surface area contributed by atoms with Crippen molar-refractivity contribution in [3.05, 3.63) is 32.8 Å². The van der Waals surface area contributed by atoms with Crippen LogP contribution in [0.5, 0.6) is 0 Å². The molecule has 0 spiro atoms. The minimum absolute atomic E-state index is 0.0784. The average Bonchev–Trinajstić information content (AvgIpc) is 2.23. The molecular formula is C11H12Cl4O2S. The Bertz CT molecular complexity index is 491. The zero-order valence-electron chi connectivity index (χ0n) is 9.43. The minimum Gasteiger partial charge on any atom is -0.228 e. The molecule has 0 aromatic heterocycles. The van der Waals surface area contributed by atoms with E-state index in [1.165, 1.54) is 12.1 Å². The molecule has 1 rings (SSSR count). The maximum Gasteiger partial charge on any atom is 0.154 e. The zero-order valence-corrected chi connectivity index (χ0v) is 13.3. The summed E-state index contributed by atoms with van der Waals surface area (Å²) in [5.74, 6) is 0.358. The molecule has 0 radical (unpaired) electrons. The Morgan fingerprint density at radius 2 is 1.56 bits per heavy atom. The summed E-state index contributed by atoms with van der Waals surface area (Å²) in [4.78, 5) is 0. The number of halogens is 4. The molecule has 0 saturated heterocycles. The molecule has 102 valence electrons. The first-order valence-corrected chi connectivity index (χ1v) is 8.74. The van der Waals surface area contributed by atoms with E-state index in [0.717, 1.165) is 0 Å². The molecule has 0 aliphatic carbocycles. The van der Waals surface area contributed by atoms with Gasteiger partial charge in [-0.2, -0.15) is 0 Å². The first-order chi connectivity index (χ1) is 8.35. The van der Waals surface area contributed by atoms with Crippen LogP contribution in [0.2, 0.25) is 15.1 Å². The number of rotatable bonds is 6. The molecule has 7 heteroatoms. The summed E-state index contributed by atoms with van der Waals surface area (Å²) < 4.78 is 23.7. The molecule has 0 fully saturated rings. The van der Waals surface area contributed by atoms with Gasteiger partial charge in [0.1, 0.15) is 0 Å². The van der Waals surface area contributed by atoms with Gasteiger partial charge in [0, 0.05) is 26.5 Å². The second-order valence-electron chi connectivity index (χ2n) is 3.84. The molecule has 0 aliphatic heterocycles. The van der Waals surface area contributed by atoms with Crippen molar-refractivity contribution in [3.63, 3.8) is 0 Å². The van der Waals surface area contributed by atoms with Crippen molar-refractivity contribution in [1.29, 1.82) is 0 Å². The van der Waals surface area contributed by atoms with E-state index in [2.05, 4.69) is 0 Å². The first-order valence-electron chi connectivity index (χ1n) is 5.25. The molecular weight excluding hydrogens is 338 g/mol. The highest BCUT2D eigenvalue weighted by Crippen LogP contribution is 2.30. The van der Waals surface area contributed by atoms with Crippen LogP contribution in [0, 0.1) is 0 Å². The Morgan fingerprint density at radius 3 is 2.06 bits per heavy atom. The summed E-state index contributed by atoms with van der Waals surface area (Å²) in [5, 5.41) is 0.926. The Morgan fingerprint density at radius 1 is 1.00 bits per heavy atom. The predicted octanol–water partition coefficient (Wildman–Crippen LogP) is 4.58. The van der Waals surface area contributed by atoms with Crippen molar-refractivity contribution in [1.82, 2.24) is 0 Å². The van der Waals surface area contributed by atoms with E-state index in [1.54, 1.807) is 0 Å². The van der Waals surface area contributed by atoms with Crippen molar-refractivity contribution in [2.45, 2.75) is 18.6 Å². The first kappa shape index (κ1) is 16.4. The van der Waals surface area contributed by atoms with Gasteiger partial charge in [-0.1, -0.05) is 34.8 Å². The van der Waals surface area contributed by atoms with Crippen molar-refractivity contribution in [2.75, 3.05) is 11.6 Å². The second kappa shape index (κ2) is 7.20. The third-order valence-electron chi connectivity index (χ3n) is 2.31. The lowest BCUT2D eigenvalue weighted by Crippen LogP contribution is -2.10. The summed E-state index contributed by atoms with van der Waals surface area (Å²) in [6.07, 6.45) is 1.21. The van der Waals surface area contributed by atoms with Gasteiger partial charge >= 0.3 is 0 Å². The van der Waals surface area contributed by atoms with E-state index in [9.17, 15) is 8.42 Å². The van der Waals surface area contributed by atoms with Crippen LogP contribution < -0.4 is 0 Å². The summed E-state index contributed by atoms with van der Waals surface area (Å²) in [6.45, 7) is 0. The van der Waals surface area contributed by atoms with E-state index in [1.807, 2.05) is 0 Å². The van der Waals surface area contributed by atoms with Crippen molar-refractivity contribution >= 4 is 56.2 Å². The van der Waals surface area contributed by atoms with Crippen LogP contribution in [0.3, 0.4) is 0 Å². The van der Waals surface area contributed by atoms with Gasteiger partial charge in [0.25, 0.3) is 0 Å². The summed E-state index contributed by atoms with van der Waals surface area (Å²) in [5.41, 5.74) is 0.397. The Hall–Kier alpha value is 0.330. The standard InChI is InChI=1S/C11H12Cl4O2S/c12-3-1-2-4-18(16,17)7-9-10(14)5-8(13)6-11(9)15/h5-6H,1-4,7H2. The Kier molecular flexibility index (Phi) is 6.56. The van der Waals surface area contributed by atoms with Crippen LogP contribution >= 0.6 is 46.4 Å². The summed E-state index contributed by atoms with van der Waals surface area (Å²) >= 11 is 23.2. The lowest BCUT2D eigenvalue weighted by Gasteiger charge is -2.08. The van der Waals surface area contributed by atoms with Gasteiger partial charge < -0.3 is 0 Å². The van der Waals surface area contributed by atoms with Crippen molar-refractivity contribution < 1.29 is 8.42 Å². The quantitative estimate of drug-likeness (QED) is 0.556. The summed E-state index contributed by atoms with van der Waals surface area (Å²) in [6, 6.07) is 2.97. The average molecular weight is 350 g/mol. The van der Waals surface area contributed by atoms with Crippen LogP contribution in [0.1, 0.15) is 18.4 Å². The summed E-state index contributed by atoms with van der Waals surface area (Å²) in [7, 11) is -3.24. The molecule has 1 aromatic carbocycles. The van der Waals surface area contributed by atoms with Gasteiger partial charge in [-0.15, -0.1) is 11.6 Å². The fourth-order valence-electron chi connectivity index (χ4n) is 1.42. The van der Waals surface area contributed by atoms with Crippen LogP contribution in [-0.2, 0) is 15.6 Å². The van der Waals surface area contributed by atoms with Gasteiger partial charge in [-0.05, 0) is 25.0 Å². The van der Waals surface area contributed by atoms with E-state index in [0.29, 0.717) is 29.3 Å². The third kappa shape index (κ3) is 5.14. The second-order valence-corrected chi connectivity index (χ2v) is 7.65. The molecule has 18 heavy (non-hydrogen) atoms. The van der Waals surface area contributed by atoms with Crippen LogP contribution in [0.15, 0.2) is 12.1 Å². The van der Waals surface area contributed by atoms with Crippen molar-refractivity contribution in [3.8, 4) is 0 Å². The number of unbranched alkanes of at least 4 members (excludes halogenated alkanes) is 1. The molecule has 0 heterocycles. The number of alkyl halides is 1. The number of sulfone groups is 1. The number of hydrogen-bond acceptors (Lipinski definition) is 2. The van der Waals surface area contributed by atoms with Crippen LogP contribution in [-0.4, -0.2) is 20.1 Å². The molecule has 0 unspecified atom stereocenters. The number of benzene rings is 1. The topological polar surface area (TPSA) is 34.1 Å². The van der Waals surface area contributed by atoms with E-state index < -0.39 is 9.84 Å². The Balaban J connectivity index is 2.84. The molecule has 1 aromatic rings. The fraction of sp³-hybridized carbons (Fsp3) is 0.455. The molecule has 0 atom stereocenters. The predicted molar refractivity (Wildman–Crippen MR) is 78.9 cm³/mol. The van der Waals surface area contributed by atoms with Gasteiger partial charge in [-0.25, -0.2) is 8.42 Å². The van der Waals surface area contributed by atoms with E-state index in [4.69, 9.17) is 46.4 Å². The highest BCUT2D eigenvalue weighted by atomic mass is 35.5. The van der Waals surface area contributed by atoms with Gasteiger partial charge in [0.05, 0.1) is 11.5 Å². The molecule has 0 N–H and O–H groups in total. The highest BCUT2D eigenvalue weighted by molar-refractivity contribution is 7.90. The molecule has 0 aliphatic rings. The number of hydrogen-bond donors (Lipinski definition) is 0. The monoisotopic (exact) mass is 348 g/mol. The zero-order chi connectivity index (χ0) is 13.8. The molecule has 2 nitrogen and oxygen atoms in total. The van der Waals surface area contributed by atoms with Gasteiger partial charge in [0.15, 0.2) is 9.84 Å². The molecule has 0 amide bonds. The normalized spacial score (nSPS) is 11.8. The maximum atomic E-state index is 11.9. The van der Waals surface area contributed by atoms with Gasteiger partial charge in [0.2, 0.25) is 0 Å². The smallest absolute Gasteiger partial charge is 0.154 e. The third-order valence-corrected chi connectivity index (χ3v) is 5.11. The van der Waals surface area contributed by atoms with Crippen LogP contribution in [0.4, 0.5) is 0 Å². The van der Waals surface area contributed by atoms with Gasteiger partial charge in [-0.3, -0.25) is 0 Å². The molecule has 0 saturated carbocycles. The largest absolute Gasteiger partial charge is 0.228 e. The SMILES string of the molecule is O=S(=O)(CCCCCl)Cc1c(Cl)cc(Cl)cc1Cl. The maximum absolute atomic E-state index is 11.9. The minimum atomic E-state index is -3.24. The fourth-order valence-corrected chi connectivity index (χ4v) is 4.26. The lowest BCUT2D eigenvalue weighted by molar-refractivity contribution is 0.592.